The lowest BCUT2D eigenvalue weighted by Gasteiger charge is -2.21. The fourth-order valence-corrected chi connectivity index (χ4v) is 2.65. The first-order chi connectivity index (χ1) is 10.3. The van der Waals surface area contributed by atoms with Gasteiger partial charge in [-0.3, -0.25) is 0 Å². The van der Waals surface area contributed by atoms with Gasteiger partial charge in [-0.15, -0.1) is 30.4 Å². The van der Waals surface area contributed by atoms with Gasteiger partial charge in [0.05, 0.1) is 7.11 Å². The van der Waals surface area contributed by atoms with Gasteiger partial charge in [0.1, 0.15) is 12.3 Å². The Morgan fingerprint density at radius 1 is 1.45 bits per heavy atom. The second kappa shape index (κ2) is 9.57. The van der Waals surface area contributed by atoms with Gasteiger partial charge < -0.3 is 15.0 Å². The monoisotopic (exact) mass is 413 g/mol. The summed E-state index contributed by atoms with van der Waals surface area (Å²) in [6.07, 6.45) is 6.43. The van der Waals surface area contributed by atoms with Crippen molar-refractivity contribution >= 4 is 29.9 Å². The van der Waals surface area contributed by atoms with Crippen molar-refractivity contribution in [1.29, 1.82) is 0 Å². The average molecular weight is 413 g/mol. The molecule has 0 aliphatic carbocycles. The van der Waals surface area contributed by atoms with E-state index in [2.05, 4.69) is 40.2 Å². The molecule has 1 unspecified atom stereocenters. The number of benzene rings is 1. The number of aliphatic imine (C=N–C) groups is 1. The van der Waals surface area contributed by atoms with Crippen LogP contribution in [0.3, 0.4) is 0 Å². The molecule has 0 radical (unpaired) electrons. The summed E-state index contributed by atoms with van der Waals surface area (Å²) in [6.45, 7) is 5.33. The summed E-state index contributed by atoms with van der Waals surface area (Å²) in [5, 5.41) is 3.31. The zero-order valence-corrected chi connectivity index (χ0v) is 15.5. The van der Waals surface area contributed by atoms with Crippen molar-refractivity contribution in [2.45, 2.75) is 19.3 Å². The normalized spacial score (nSPS) is 17.6. The Morgan fingerprint density at radius 2 is 2.18 bits per heavy atom. The fraction of sp³-hybridized carbons (Fsp3) is 0.471. The van der Waals surface area contributed by atoms with Crippen LogP contribution in [0.1, 0.15) is 24.8 Å². The van der Waals surface area contributed by atoms with Crippen LogP contribution in [0, 0.1) is 12.3 Å². The molecule has 1 aliphatic rings. The Balaban J connectivity index is 0.00000242. The first-order valence-corrected chi connectivity index (χ1v) is 7.39. The molecule has 1 N–H and O–H groups in total. The molecule has 1 aliphatic heterocycles. The van der Waals surface area contributed by atoms with E-state index in [4.69, 9.17) is 11.2 Å². The van der Waals surface area contributed by atoms with Gasteiger partial charge in [0.15, 0.2) is 5.96 Å². The number of likely N-dealkylation sites (tertiary alicyclic amines) is 1. The third-order valence-electron chi connectivity index (χ3n) is 3.73. The van der Waals surface area contributed by atoms with Crippen LogP contribution < -0.4 is 10.1 Å². The molecular formula is C17H24IN3O. The zero-order chi connectivity index (χ0) is 15.1. The highest BCUT2D eigenvalue weighted by molar-refractivity contribution is 14.0. The fourth-order valence-electron chi connectivity index (χ4n) is 2.65. The molecule has 0 bridgehead atoms. The van der Waals surface area contributed by atoms with Crippen LogP contribution in [0.4, 0.5) is 0 Å². The molecule has 120 valence electrons. The number of rotatable bonds is 4. The number of nitrogens with zero attached hydrogens (tertiary/aromatic N) is 2. The molecule has 1 aromatic carbocycles. The predicted molar refractivity (Wildman–Crippen MR) is 102 cm³/mol. The van der Waals surface area contributed by atoms with Crippen molar-refractivity contribution in [3.63, 3.8) is 0 Å². The topological polar surface area (TPSA) is 36.9 Å². The standard InChI is InChI=1S/C17H23N3O.HI/c1-4-11-19-17(18-5-2)20-12-10-15(13-20)14-6-8-16(21-3)9-7-14;/h1,6-9,15H,5,10-13H2,2-3H3,(H,18,19);1H. The number of halogens is 1. The van der Waals surface area contributed by atoms with Crippen molar-refractivity contribution < 1.29 is 4.74 Å². The van der Waals surface area contributed by atoms with Gasteiger partial charge >= 0.3 is 0 Å². The lowest BCUT2D eigenvalue weighted by atomic mass is 9.98. The molecule has 4 nitrogen and oxygen atoms in total. The van der Waals surface area contributed by atoms with E-state index in [1.807, 2.05) is 12.1 Å². The molecule has 0 spiro atoms. The minimum absolute atomic E-state index is 0. The van der Waals surface area contributed by atoms with Crippen LogP contribution in [0.25, 0.3) is 0 Å². The first-order valence-electron chi connectivity index (χ1n) is 7.39. The molecule has 5 heteroatoms. The van der Waals surface area contributed by atoms with Gasteiger partial charge in [0.25, 0.3) is 0 Å². The third kappa shape index (κ3) is 4.80. The van der Waals surface area contributed by atoms with E-state index in [0.717, 1.165) is 37.8 Å². The number of methoxy groups -OCH3 is 1. The van der Waals surface area contributed by atoms with Crippen LogP contribution >= 0.6 is 24.0 Å². The smallest absolute Gasteiger partial charge is 0.194 e. The van der Waals surface area contributed by atoms with Gasteiger partial charge in [-0.1, -0.05) is 18.1 Å². The van der Waals surface area contributed by atoms with E-state index in [0.29, 0.717) is 12.5 Å². The Morgan fingerprint density at radius 3 is 2.77 bits per heavy atom. The number of hydrogen-bond donors (Lipinski definition) is 1. The van der Waals surface area contributed by atoms with Gasteiger partial charge in [-0.05, 0) is 31.0 Å². The molecule has 2 rings (SSSR count). The minimum atomic E-state index is 0. The summed E-state index contributed by atoms with van der Waals surface area (Å²) < 4.78 is 5.21. The number of terminal acetylenes is 1. The highest BCUT2D eigenvalue weighted by Gasteiger charge is 2.25. The van der Waals surface area contributed by atoms with Gasteiger partial charge in [-0.25, -0.2) is 4.99 Å². The van der Waals surface area contributed by atoms with Gasteiger partial charge in [0.2, 0.25) is 0 Å². The molecule has 1 atom stereocenters. The third-order valence-corrected chi connectivity index (χ3v) is 3.73. The van der Waals surface area contributed by atoms with Crippen LogP contribution in [0.5, 0.6) is 5.75 Å². The predicted octanol–water partition coefficient (Wildman–Crippen LogP) is 2.70. The summed E-state index contributed by atoms with van der Waals surface area (Å²) >= 11 is 0. The maximum absolute atomic E-state index is 5.30. The Bertz CT molecular complexity index is 522. The maximum Gasteiger partial charge on any atom is 0.194 e. The van der Waals surface area contributed by atoms with Crippen molar-refractivity contribution in [3.05, 3.63) is 29.8 Å². The van der Waals surface area contributed by atoms with Crippen molar-refractivity contribution in [3.8, 4) is 18.1 Å². The highest BCUT2D eigenvalue weighted by Crippen LogP contribution is 2.28. The molecule has 1 heterocycles. The number of hydrogen-bond acceptors (Lipinski definition) is 2. The largest absolute Gasteiger partial charge is 0.497 e. The summed E-state index contributed by atoms with van der Waals surface area (Å²) in [5.41, 5.74) is 1.35. The van der Waals surface area contributed by atoms with E-state index in [1.54, 1.807) is 7.11 Å². The van der Waals surface area contributed by atoms with Crippen molar-refractivity contribution in [1.82, 2.24) is 10.2 Å². The highest BCUT2D eigenvalue weighted by atomic mass is 127. The molecule has 1 fully saturated rings. The van der Waals surface area contributed by atoms with Crippen LogP contribution in [0.2, 0.25) is 0 Å². The Labute approximate surface area is 150 Å². The number of guanidine groups is 1. The van der Waals surface area contributed by atoms with Gasteiger partial charge in [0, 0.05) is 25.6 Å². The molecule has 1 aromatic rings. The lowest BCUT2D eigenvalue weighted by molar-refractivity contribution is 0.414. The second-order valence-corrected chi connectivity index (χ2v) is 5.08. The summed E-state index contributed by atoms with van der Waals surface area (Å²) in [5.74, 6) is 4.92. The van der Waals surface area contributed by atoms with Crippen LogP contribution in [-0.4, -0.2) is 44.1 Å². The molecule has 1 saturated heterocycles. The molecule has 22 heavy (non-hydrogen) atoms. The quantitative estimate of drug-likeness (QED) is 0.357. The molecule has 0 saturated carbocycles. The number of ether oxygens (including phenoxy) is 1. The van der Waals surface area contributed by atoms with E-state index in [1.165, 1.54) is 5.56 Å². The second-order valence-electron chi connectivity index (χ2n) is 5.08. The minimum Gasteiger partial charge on any atom is -0.497 e. The van der Waals surface area contributed by atoms with Crippen LogP contribution in [-0.2, 0) is 0 Å². The van der Waals surface area contributed by atoms with E-state index < -0.39 is 0 Å². The lowest BCUT2D eigenvalue weighted by Crippen LogP contribution is -2.40. The van der Waals surface area contributed by atoms with E-state index in [-0.39, 0.29) is 24.0 Å². The molecule has 0 aromatic heterocycles. The SMILES string of the molecule is C#CCN=C(NCC)N1CCC(c2ccc(OC)cc2)C1.I. The summed E-state index contributed by atoms with van der Waals surface area (Å²) in [7, 11) is 1.69. The molecule has 0 amide bonds. The van der Waals surface area contributed by atoms with Crippen molar-refractivity contribution in [2.75, 3.05) is 33.3 Å². The average Bonchev–Trinajstić information content (AvgIpc) is 3.01. The Kier molecular flexibility index (Phi) is 8.10. The maximum atomic E-state index is 5.30. The zero-order valence-electron chi connectivity index (χ0n) is 13.2. The molecular weight excluding hydrogens is 389 g/mol. The van der Waals surface area contributed by atoms with E-state index in [9.17, 15) is 0 Å². The van der Waals surface area contributed by atoms with Crippen LogP contribution in [0.15, 0.2) is 29.3 Å². The van der Waals surface area contributed by atoms with Gasteiger partial charge in [-0.2, -0.15) is 0 Å². The first kappa shape index (κ1) is 18.6. The number of nitrogens with one attached hydrogen (secondary N) is 1. The van der Waals surface area contributed by atoms with E-state index >= 15 is 0 Å². The summed E-state index contributed by atoms with van der Waals surface area (Å²) in [6, 6.07) is 8.35. The Hall–Kier alpha value is -1.42. The van der Waals surface area contributed by atoms with Crippen molar-refractivity contribution in [2.24, 2.45) is 4.99 Å². The summed E-state index contributed by atoms with van der Waals surface area (Å²) in [4.78, 5) is 6.73.